The second-order valence-corrected chi connectivity index (χ2v) is 6.67. The van der Waals surface area contributed by atoms with Crippen molar-refractivity contribution in [2.75, 3.05) is 19.7 Å². The maximum absolute atomic E-state index is 6.05. The molecule has 1 heterocycles. The fraction of sp³-hybridized carbons (Fsp3) is 0.588. The molecule has 0 saturated heterocycles. The number of nitrogens with two attached hydrogens (primary N) is 1. The maximum atomic E-state index is 6.05. The molecule has 1 saturated carbocycles. The number of hydrogen-bond acceptors (Lipinski definition) is 3. The minimum atomic E-state index is 0.157. The standard InChI is InChI=1S/C17H24N2OS/c18-17(21)12-19(14-6-2-3-7-14)11-16-15-8-4-1-5-13(15)9-10-20-16/h1,4-5,8,14,16H,2-3,6-7,9-12H2,(H2,18,21). The number of ether oxygens (including phenoxy) is 1. The third-order valence-electron chi connectivity index (χ3n) is 4.69. The summed E-state index contributed by atoms with van der Waals surface area (Å²) in [5.41, 5.74) is 8.58. The Balaban J connectivity index is 1.75. The smallest absolute Gasteiger partial charge is 0.0954 e. The lowest BCUT2D eigenvalue weighted by Crippen LogP contribution is -2.42. The predicted molar refractivity (Wildman–Crippen MR) is 89.5 cm³/mol. The van der Waals surface area contributed by atoms with E-state index in [1.54, 1.807) is 0 Å². The van der Waals surface area contributed by atoms with Crippen LogP contribution in [0, 0.1) is 0 Å². The van der Waals surface area contributed by atoms with Gasteiger partial charge in [0.2, 0.25) is 0 Å². The van der Waals surface area contributed by atoms with Crippen LogP contribution in [0.2, 0.25) is 0 Å². The lowest BCUT2D eigenvalue weighted by Gasteiger charge is -2.34. The minimum Gasteiger partial charge on any atom is -0.392 e. The number of benzene rings is 1. The van der Waals surface area contributed by atoms with Gasteiger partial charge in [-0.15, -0.1) is 0 Å². The van der Waals surface area contributed by atoms with Crippen molar-refractivity contribution in [1.29, 1.82) is 0 Å². The zero-order valence-corrected chi connectivity index (χ0v) is 13.3. The van der Waals surface area contributed by atoms with Gasteiger partial charge < -0.3 is 10.5 Å². The first kappa shape index (κ1) is 14.9. The van der Waals surface area contributed by atoms with Crippen LogP contribution in [0.15, 0.2) is 24.3 Å². The van der Waals surface area contributed by atoms with Crippen LogP contribution in [0.3, 0.4) is 0 Å². The SMILES string of the molecule is NC(=S)CN(CC1OCCc2ccccc21)C1CCCC1. The van der Waals surface area contributed by atoms with Crippen molar-refractivity contribution in [1.82, 2.24) is 4.90 Å². The molecule has 4 heteroatoms. The Morgan fingerprint density at radius 2 is 2.05 bits per heavy atom. The monoisotopic (exact) mass is 304 g/mol. The summed E-state index contributed by atoms with van der Waals surface area (Å²) in [6, 6.07) is 9.26. The quantitative estimate of drug-likeness (QED) is 0.849. The van der Waals surface area contributed by atoms with E-state index in [9.17, 15) is 0 Å². The summed E-state index contributed by atoms with van der Waals surface area (Å²) in [6.45, 7) is 2.42. The molecule has 1 aliphatic carbocycles. The Morgan fingerprint density at radius 3 is 2.81 bits per heavy atom. The van der Waals surface area contributed by atoms with Gasteiger partial charge in [0.25, 0.3) is 0 Å². The molecule has 3 rings (SSSR count). The molecule has 1 unspecified atom stereocenters. The van der Waals surface area contributed by atoms with Crippen LogP contribution in [0.4, 0.5) is 0 Å². The summed E-state index contributed by atoms with van der Waals surface area (Å²) in [6.07, 6.45) is 6.34. The molecule has 114 valence electrons. The zero-order chi connectivity index (χ0) is 14.7. The van der Waals surface area contributed by atoms with E-state index < -0.39 is 0 Å². The van der Waals surface area contributed by atoms with Crippen LogP contribution in [0.1, 0.15) is 42.9 Å². The minimum absolute atomic E-state index is 0.157. The van der Waals surface area contributed by atoms with Crippen LogP contribution in [0.25, 0.3) is 0 Å². The van der Waals surface area contributed by atoms with Crippen LogP contribution >= 0.6 is 12.2 Å². The third kappa shape index (κ3) is 3.62. The number of rotatable bonds is 5. The Labute approximate surface area is 132 Å². The van der Waals surface area contributed by atoms with E-state index in [1.165, 1.54) is 36.8 Å². The van der Waals surface area contributed by atoms with Gasteiger partial charge in [-0.05, 0) is 30.4 Å². The van der Waals surface area contributed by atoms with Gasteiger partial charge in [0.15, 0.2) is 0 Å². The van der Waals surface area contributed by atoms with E-state index in [4.69, 9.17) is 22.7 Å². The van der Waals surface area contributed by atoms with Crippen molar-refractivity contribution in [3.63, 3.8) is 0 Å². The Kier molecular flexibility index (Phi) is 4.88. The first-order valence-corrected chi connectivity index (χ1v) is 8.36. The summed E-state index contributed by atoms with van der Waals surface area (Å²) in [4.78, 5) is 3.04. The van der Waals surface area contributed by atoms with Gasteiger partial charge in [0.1, 0.15) is 0 Å². The number of nitrogens with zero attached hydrogens (tertiary/aromatic N) is 1. The average molecular weight is 304 g/mol. The van der Waals surface area contributed by atoms with E-state index >= 15 is 0 Å². The number of thiocarbonyl (C=S) groups is 1. The normalized spacial score (nSPS) is 22.4. The molecule has 1 fully saturated rings. The van der Waals surface area contributed by atoms with Gasteiger partial charge in [-0.2, -0.15) is 0 Å². The zero-order valence-electron chi connectivity index (χ0n) is 12.5. The molecule has 1 aromatic rings. The average Bonchev–Trinajstić information content (AvgIpc) is 3.01. The number of hydrogen-bond donors (Lipinski definition) is 1. The summed E-state index contributed by atoms with van der Waals surface area (Å²) < 4.78 is 6.05. The van der Waals surface area contributed by atoms with Crippen LogP contribution < -0.4 is 5.73 Å². The fourth-order valence-electron chi connectivity index (χ4n) is 3.65. The first-order chi connectivity index (χ1) is 10.2. The van der Waals surface area contributed by atoms with Crippen LogP contribution in [-0.2, 0) is 11.2 Å². The largest absolute Gasteiger partial charge is 0.392 e. The van der Waals surface area contributed by atoms with E-state index in [-0.39, 0.29) is 6.10 Å². The molecule has 3 nitrogen and oxygen atoms in total. The highest BCUT2D eigenvalue weighted by Crippen LogP contribution is 2.30. The van der Waals surface area contributed by atoms with Gasteiger partial charge in [-0.1, -0.05) is 49.3 Å². The Hall–Kier alpha value is -0.970. The van der Waals surface area contributed by atoms with Gasteiger partial charge in [0, 0.05) is 19.1 Å². The molecule has 1 aromatic carbocycles. The summed E-state index contributed by atoms with van der Waals surface area (Å²) >= 11 is 5.15. The first-order valence-electron chi connectivity index (χ1n) is 7.96. The summed E-state index contributed by atoms with van der Waals surface area (Å²) in [5.74, 6) is 0. The molecule has 1 atom stereocenters. The van der Waals surface area contributed by atoms with Crippen molar-refractivity contribution in [2.24, 2.45) is 5.73 Å². The molecular weight excluding hydrogens is 280 g/mol. The lowest BCUT2D eigenvalue weighted by atomic mass is 9.97. The summed E-state index contributed by atoms with van der Waals surface area (Å²) in [7, 11) is 0. The van der Waals surface area contributed by atoms with Crippen LogP contribution in [0.5, 0.6) is 0 Å². The number of fused-ring (bicyclic) bond motifs is 1. The maximum Gasteiger partial charge on any atom is 0.0954 e. The van der Waals surface area contributed by atoms with Gasteiger partial charge in [-0.3, -0.25) is 4.90 Å². The van der Waals surface area contributed by atoms with Crippen molar-refractivity contribution in [3.05, 3.63) is 35.4 Å². The second-order valence-electron chi connectivity index (χ2n) is 6.14. The highest BCUT2D eigenvalue weighted by molar-refractivity contribution is 7.80. The topological polar surface area (TPSA) is 38.5 Å². The van der Waals surface area contributed by atoms with Gasteiger partial charge in [-0.25, -0.2) is 0 Å². The van der Waals surface area contributed by atoms with Crippen molar-refractivity contribution >= 4 is 17.2 Å². The van der Waals surface area contributed by atoms with E-state index in [2.05, 4.69) is 29.2 Å². The molecule has 1 aliphatic heterocycles. The molecule has 0 radical (unpaired) electrons. The van der Waals surface area contributed by atoms with Gasteiger partial charge in [0.05, 0.1) is 17.7 Å². The summed E-state index contributed by atoms with van der Waals surface area (Å²) in [5, 5.41) is 0. The van der Waals surface area contributed by atoms with E-state index in [0.717, 1.165) is 19.6 Å². The molecule has 21 heavy (non-hydrogen) atoms. The second kappa shape index (κ2) is 6.86. The van der Waals surface area contributed by atoms with E-state index in [0.29, 0.717) is 17.6 Å². The molecule has 2 aliphatic rings. The van der Waals surface area contributed by atoms with Gasteiger partial charge >= 0.3 is 0 Å². The highest BCUT2D eigenvalue weighted by Gasteiger charge is 2.28. The molecule has 2 N–H and O–H groups in total. The Morgan fingerprint density at radius 1 is 1.29 bits per heavy atom. The van der Waals surface area contributed by atoms with Crippen molar-refractivity contribution in [3.8, 4) is 0 Å². The fourth-order valence-corrected chi connectivity index (χ4v) is 3.82. The Bertz CT molecular complexity index is 499. The molecule has 0 spiro atoms. The van der Waals surface area contributed by atoms with Crippen molar-refractivity contribution < 1.29 is 4.74 Å². The third-order valence-corrected chi connectivity index (χ3v) is 4.82. The van der Waals surface area contributed by atoms with E-state index in [1.807, 2.05) is 0 Å². The highest BCUT2D eigenvalue weighted by atomic mass is 32.1. The van der Waals surface area contributed by atoms with Crippen LogP contribution in [-0.4, -0.2) is 35.6 Å². The lowest BCUT2D eigenvalue weighted by molar-refractivity contribution is 0.0105. The molecule has 0 bridgehead atoms. The predicted octanol–water partition coefficient (Wildman–Crippen LogP) is 2.83. The van der Waals surface area contributed by atoms with Crippen molar-refractivity contribution in [2.45, 2.75) is 44.2 Å². The molecule has 0 amide bonds. The molecular formula is C17H24N2OS. The molecule has 0 aromatic heterocycles.